The lowest BCUT2D eigenvalue weighted by Gasteiger charge is -2.32. The molecule has 1 aliphatic rings. The zero-order valence-corrected chi connectivity index (χ0v) is 4.35. The number of aliphatic hydroxyl groups is 1. The van der Waals surface area contributed by atoms with E-state index in [0.29, 0.717) is 0 Å². The molecule has 3 unspecified atom stereocenters. The standard InChI is InChI=1S/C5H8F2O/c6-4-1-3(2-8)5(4)7/h3-5,8H,1-2H2. The Bertz CT molecular complexity index is 86.5. The fourth-order valence-corrected chi connectivity index (χ4v) is 0.824. The van der Waals surface area contributed by atoms with E-state index in [-0.39, 0.29) is 13.0 Å². The van der Waals surface area contributed by atoms with Crippen LogP contribution in [0.1, 0.15) is 6.42 Å². The first-order chi connectivity index (χ1) is 3.75. The van der Waals surface area contributed by atoms with Crippen molar-refractivity contribution in [2.75, 3.05) is 6.61 Å². The van der Waals surface area contributed by atoms with Gasteiger partial charge in [-0.2, -0.15) is 0 Å². The van der Waals surface area contributed by atoms with Gasteiger partial charge in [-0.15, -0.1) is 0 Å². The number of alkyl halides is 2. The molecular formula is C5H8F2O. The fourth-order valence-electron chi connectivity index (χ4n) is 0.824. The Kier molecular flexibility index (Phi) is 1.47. The van der Waals surface area contributed by atoms with Gasteiger partial charge in [-0.25, -0.2) is 8.78 Å². The first kappa shape index (κ1) is 5.95. The van der Waals surface area contributed by atoms with Gasteiger partial charge < -0.3 is 5.11 Å². The van der Waals surface area contributed by atoms with Gasteiger partial charge in [-0.1, -0.05) is 0 Å². The van der Waals surface area contributed by atoms with E-state index in [1.165, 1.54) is 0 Å². The zero-order valence-electron chi connectivity index (χ0n) is 4.35. The molecule has 8 heavy (non-hydrogen) atoms. The van der Waals surface area contributed by atoms with E-state index in [2.05, 4.69) is 0 Å². The predicted molar refractivity (Wildman–Crippen MR) is 25.0 cm³/mol. The van der Waals surface area contributed by atoms with Crippen LogP contribution < -0.4 is 0 Å². The number of halogens is 2. The maximum atomic E-state index is 12.0. The largest absolute Gasteiger partial charge is 0.396 e. The first-order valence-electron chi connectivity index (χ1n) is 2.64. The molecule has 48 valence electrons. The van der Waals surface area contributed by atoms with E-state index in [1.54, 1.807) is 0 Å². The van der Waals surface area contributed by atoms with Crippen molar-refractivity contribution in [3.63, 3.8) is 0 Å². The smallest absolute Gasteiger partial charge is 0.136 e. The van der Waals surface area contributed by atoms with Crippen LogP contribution >= 0.6 is 0 Å². The van der Waals surface area contributed by atoms with Crippen molar-refractivity contribution in [3.05, 3.63) is 0 Å². The Balaban J connectivity index is 2.25. The van der Waals surface area contributed by atoms with Crippen molar-refractivity contribution in [2.24, 2.45) is 5.92 Å². The minimum absolute atomic E-state index is 0.192. The molecule has 1 nitrogen and oxygen atoms in total. The average molecular weight is 122 g/mol. The molecule has 1 aliphatic carbocycles. The molecule has 1 saturated carbocycles. The van der Waals surface area contributed by atoms with Crippen molar-refractivity contribution in [2.45, 2.75) is 18.8 Å². The lowest BCUT2D eigenvalue weighted by atomic mass is 9.82. The Morgan fingerprint density at radius 3 is 2.25 bits per heavy atom. The molecule has 0 aromatic carbocycles. The van der Waals surface area contributed by atoms with Crippen LogP contribution in [0.2, 0.25) is 0 Å². The van der Waals surface area contributed by atoms with E-state index in [1.807, 2.05) is 0 Å². The molecule has 0 radical (unpaired) electrons. The van der Waals surface area contributed by atoms with Gasteiger partial charge in [0.1, 0.15) is 12.3 Å². The van der Waals surface area contributed by atoms with E-state index in [4.69, 9.17) is 5.11 Å². The van der Waals surface area contributed by atoms with E-state index >= 15 is 0 Å². The molecule has 0 bridgehead atoms. The Morgan fingerprint density at radius 2 is 2.12 bits per heavy atom. The maximum absolute atomic E-state index is 12.0. The third kappa shape index (κ3) is 0.708. The summed E-state index contributed by atoms with van der Waals surface area (Å²) in [4.78, 5) is 0. The summed E-state index contributed by atoms with van der Waals surface area (Å²) >= 11 is 0. The number of aliphatic hydroxyl groups excluding tert-OH is 1. The van der Waals surface area contributed by atoms with Crippen molar-refractivity contribution < 1.29 is 13.9 Å². The molecule has 0 aliphatic heterocycles. The normalized spacial score (nSPS) is 46.1. The molecule has 0 aromatic rings. The second-order valence-corrected chi connectivity index (χ2v) is 2.14. The minimum Gasteiger partial charge on any atom is -0.396 e. The summed E-state index contributed by atoms with van der Waals surface area (Å²) in [5, 5.41) is 8.27. The van der Waals surface area contributed by atoms with Gasteiger partial charge in [0.2, 0.25) is 0 Å². The highest BCUT2D eigenvalue weighted by atomic mass is 19.2. The topological polar surface area (TPSA) is 20.2 Å². The second kappa shape index (κ2) is 1.97. The molecule has 3 atom stereocenters. The molecule has 0 amide bonds. The number of hydrogen-bond acceptors (Lipinski definition) is 1. The molecule has 1 rings (SSSR count). The van der Waals surface area contributed by atoms with Crippen LogP contribution in [0, 0.1) is 5.92 Å². The molecule has 0 aromatic heterocycles. The Morgan fingerprint density at radius 1 is 1.50 bits per heavy atom. The van der Waals surface area contributed by atoms with Crippen molar-refractivity contribution in [1.82, 2.24) is 0 Å². The van der Waals surface area contributed by atoms with Gasteiger partial charge in [-0.3, -0.25) is 0 Å². The molecule has 1 fully saturated rings. The van der Waals surface area contributed by atoms with Gasteiger partial charge in [-0.05, 0) is 6.42 Å². The zero-order chi connectivity index (χ0) is 6.15. The predicted octanol–water partition coefficient (Wildman–Crippen LogP) is 0.675. The molecule has 3 heteroatoms. The minimum atomic E-state index is -1.40. The highest BCUT2D eigenvalue weighted by Crippen LogP contribution is 2.32. The van der Waals surface area contributed by atoms with Gasteiger partial charge in [0.05, 0.1) is 0 Å². The van der Waals surface area contributed by atoms with Crippen LogP contribution in [0.15, 0.2) is 0 Å². The fraction of sp³-hybridized carbons (Fsp3) is 1.00. The van der Waals surface area contributed by atoms with Crippen LogP contribution in [0.3, 0.4) is 0 Å². The highest BCUT2D eigenvalue weighted by molar-refractivity contribution is 4.88. The lowest BCUT2D eigenvalue weighted by molar-refractivity contribution is -0.0257. The second-order valence-electron chi connectivity index (χ2n) is 2.14. The van der Waals surface area contributed by atoms with E-state index in [0.717, 1.165) is 0 Å². The lowest BCUT2D eigenvalue weighted by Crippen LogP contribution is -2.42. The SMILES string of the molecule is OCC1CC(F)C1F. The summed E-state index contributed by atoms with van der Waals surface area (Å²) in [5.74, 6) is -0.426. The molecule has 1 N–H and O–H groups in total. The summed E-state index contributed by atoms with van der Waals surface area (Å²) < 4.78 is 23.9. The quantitative estimate of drug-likeness (QED) is 0.542. The van der Waals surface area contributed by atoms with Gasteiger partial charge in [0, 0.05) is 12.5 Å². The summed E-state index contributed by atoms with van der Waals surface area (Å²) in [7, 11) is 0. The third-order valence-electron chi connectivity index (χ3n) is 1.56. The average Bonchev–Trinajstić information content (AvgIpc) is 1.81. The Hall–Kier alpha value is -0.180. The molecule has 0 spiro atoms. The monoisotopic (exact) mass is 122 g/mol. The van der Waals surface area contributed by atoms with Gasteiger partial charge in [0.25, 0.3) is 0 Å². The summed E-state index contributed by atoms with van der Waals surface area (Å²) in [6.07, 6.45) is -2.52. The summed E-state index contributed by atoms with van der Waals surface area (Å²) in [6, 6.07) is 0. The summed E-state index contributed by atoms with van der Waals surface area (Å²) in [5.41, 5.74) is 0. The summed E-state index contributed by atoms with van der Waals surface area (Å²) in [6.45, 7) is -0.221. The van der Waals surface area contributed by atoms with Crippen LogP contribution in [-0.4, -0.2) is 24.1 Å². The van der Waals surface area contributed by atoms with Gasteiger partial charge in [0.15, 0.2) is 0 Å². The van der Waals surface area contributed by atoms with Crippen LogP contribution in [0.5, 0.6) is 0 Å². The Labute approximate surface area is 46.3 Å². The number of hydrogen-bond donors (Lipinski definition) is 1. The van der Waals surface area contributed by atoms with E-state index < -0.39 is 18.3 Å². The third-order valence-corrected chi connectivity index (χ3v) is 1.56. The van der Waals surface area contributed by atoms with Crippen molar-refractivity contribution >= 4 is 0 Å². The maximum Gasteiger partial charge on any atom is 0.136 e. The highest BCUT2D eigenvalue weighted by Gasteiger charge is 2.41. The van der Waals surface area contributed by atoms with Crippen LogP contribution in [0.4, 0.5) is 8.78 Å². The van der Waals surface area contributed by atoms with E-state index in [9.17, 15) is 8.78 Å². The van der Waals surface area contributed by atoms with Crippen LogP contribution in [-0.2, 0) is 0 Å². The molecular weight excluding hydrogens is 114 g/mol. The molecule has 0 heterocycles. The first-order valence-corrected chi connectivity index (χ1v) is 2.64. The van der Waals surface area contributed by atoms with Gasteiger partial charge >= 0.3 is 0 Å². The number of rotatable bonds is 1. The molecule has 0 saturated heterocycles. The van der Waals surface area contributed by atoms with Crippen molar-refractivity contribution in [3.8, 4) is 0 Å². The van der Waals surface area contributed by atoms with Crippen molar-refractivity contribution in [1.29, 1.82) is 0 Å². The van der Waals surface area contributed by atoms with Crippen LogP contribution in [0.25, 0.3) is 0 Å².